The van der Waals surface area contributed by atoms with Crippen LogP contribution in [-0.4, -0.2) is 65.9 Å². The second kappa shape index (κ2) is 8.75. The number of nitrogens with zero attached hydrogens (tertiary/aromatic N) is 4. The molecular weight excluding hydrogens is 468 g/mol. The molecule has 4 N–H and O–H groups in total. The molecule has 4 heterocycles. The van der Waals surface area contributed by atoms with E-state index >= 15 is 0 Å². The minimum Gasteiger partial charge on any atom is -0.477 e. The predicted octanol–water partition coefficient (Wildman–Crippen LogP) is 1.12. The lowest BCUT2D eigenvalue weighted by molar-refractivity contribution is -0.150. The number of carbonyl (C=O) groups is 3. The second-order valence-corrected chi connectivity index (χ2v) is 10.1. The number of nitrogens with two attached hydrogens (primary N) is 1. The summed E-state index contributed by atoms with van der Waals surface area (Å²) in [5, 5.41) is 21.3. The summed E-state index contributed by atoms with van der Waals surface area (Å²) >= 11 is 5.41. The van der Waals surface area contributed by atoms with Crippen LogP contribution in [0.2, 0.25) is 0 Å². The zero-order chi connectivity index (χ0) is 21.3. The molecule has 2 aromatic heterocycles. The first kappa shape index (κ1) is 20.8. The highest BCUT2D eigenvalue weighted by atomic mass is 32.2. The lowest BCUT2D eigenvalue weighted by Gasteiger charge is -2.48. The number of carboxylic acids is 1. The highest BCUT2D eigenvalue weighted by Gasteiger charge is 2.52. The summed E-state index contributed by atoms with van der Waals surface area (Å²) in [6.45, 7) is 0. The molecule has 30 heavy (non-hydrogen) atoms. The van der Waals surface area contributed by atoms with Crippen molar-refractivity contribution < 1.29 is 19.5 Å². The van der Waals surface area contributed by atoms with Gasteiger partial charge in [0.25, 0.3) is 11.8 Å². The van der Waals surface area contributed by atoms with Gasteiger partial charge in [-0.15, -0.1) is 33.3 Å². The van der Waals surface area contributed by atoms with Gasteiger partial charge >= 0.3 is 5.97 Å². The minimum absolute atomic E-state index is 0.0502. The first-order valence-corrected chi connectivity index (χ1v) is 12.2. The Hall–Kier alpha value is -2.42. The van der Waals surface area contributed by atoms with Gasteiger partial charge < -0.3 is 16.2 Å². The molecule has 0 spiro atoms. The Bertz CT molecular complexity index is 1050. The third-order valence-corrected chi connectivity index (χ3v) is 7.87. The quantitative estimate of drug-likeness (QED) is 0.297. The number of carboxylic acid groups (broad SMARTS) is 1. The van der Waals surface area contributed by atoms with E-state index in [4.69, 9.17) is 5.73 Å². The lowest BCUT2D eigenvalue weighted by Crippen LogP contribution is -2.70. The van der Waals surface area contributed by atoms with Gasteiger partial charge in [0.1, 0.15) is 22.6 Å². The number of nitrogen functional groups attached to an aromatic ring is 1. The van der Waals surface area contributed by atoms with Gasteiger partial charge in [-0.25, -0.2) is 9.78 Å². The monoisotopic (exact) mass is 482 g/mol. The number of fused-ring (bicyclic) bond motifs is 1. The van der Waals surface area contributed by atoms with E-state index in [9.17, 15) is 19.5 Å². The van der Waals surface area contributed by atoms with Gasteiger partial charge in [-0.3, -0.25) is 14.5 Å². The fourth-order valence-corrected chi connectivity index (χ4v) is 6.04. The highest BCUT2D eigenvalue weighted by molar-refractivity contribution is 8.01. The third kappa shape index (κ3) is 4.08. The maximum absolute atomic E-state index is 13.0. The van der Waals surface area contributed by atoms with Gasteiger partial charge in [0.15, 0.2) is 9.47 Å². The van der Waals surface area contributed by atoms with Crippen LogP contribution < -0.4 is 11.1 Å². The summed E-state index contributed by atoms with van der Waals surface area (Å²) in [5.41, 5.74) is 7.99. The fourth-order valence-electron chi connectivity index (χ4n) is 2.90. The van der Waals surface area contributed by atoms with E-state index in [0.29, 0.717) is 27.9 Å². The van der Waals surface area contributed by atoms with Crippen molar-refractivity contribution in [1.29, 1.82) is 0 Å². The molecule has 0 radical (unpaired) electrons. The Morgan fingerprint density at radius 2 is 2.27 bits per heavy atom. The predicted molar refractivity (Wildman–Crippen MR) is 116 cm³/mol. The van der Waals surface area contributed by atoms with Crippen molar-refractivity contribution in [2.45, 2.75) is 15.8 Å². The number of nitrogens with one attached hydrogen (secondary N) is 1. The number of aromatic nitrogens is 3. The SMILES string of the molecule is Nc1nc(/C(=C/CSc2nncs2)C(=O)N[C@@H]2C(=O)N3C(C(=O)O)=CCS[C@H]23)cs1. The average Bonchev–Trinajstić information content (AvgIpc) is 3.40. The van der Waals surface area contributed by atoms with Crippen LogP contribution in [0.15, 0.2) is 33.1 Å². The maximum atomic E-state index is 13.0. The van der Waals surface area contributed by atoms with E-state index in [1.165, 1.54) is 57.2 Å². The van der Waals surface area contributed by atoms with Crippen molar-refractivity contribution in [1.82, 2.24) is 25.4 Å². The molecule has 0 unspecified atom stereocenters. The van der Waals surface area contributed by atoms with Crippen molar-refractivity contribution in [3.8, 4) is 0 Å². The number of rotatable bonds is 7. The zero-order valence-corrected chi connectivity index (χ0v) is 18.3. The number of aliphatic carboxylic acids is 1. The standard InChI is InChI=1S/C16H14N6O4S4/c17-15-19-8(5-29-15)7(1-3-28-16-21-18-6-30-16)11(23)20-10-12(24)22-9(14(25)26)2-4-27-13(10)22/h1-2,5-6,10,13H,3-4H2,(H2,17,19)(H,20,23)(H,25,26)/b7-1-/t10-,13-/m1/s1. The number of thioether (sulfide) groups is 2. The van der Waals surface area contributed by atoms with Gasteiger partial charge in [0, 0.05) is 16.9 Å². The van der Waals surface area contributed by atoms with Crippen LogP contribution in [0.25, 0.3) is 5.57 Å². The Labute approximate surface area is 186 Å². The van der Waals surface area contributed by atoms with Crippen LogP contribution in [-0.2, 0) is 14.4 Å². The number of β-lactam (4-membered cyclic amide) rings is 1. The normalized spacial score (nSPS) is 20.9. The van der Waals surface area contributed by atoms with Crippen molar-refractivity contribution >= 4 is 74.7 Å². The van der Waals surface area contributed by atoms with Crippen molar-refractivity contribution in [3.05, 3.63) is 34.4 Å². The molecule has 0 bridgehead atoms. The van der Waals surface area contributed by atoms with E-state index in [1.54, 1.807) is 17.0 Å². The van der Waals surface area contributed by atoms with E-state index in [0.717, 1.165) is 4.34 Å². The van der Waals surface area contributed by atoms with E-state index < -0.39 is 29.2 Å². The van der Waals surface area contributed by atoms with Crippen LogP contribution in [0.1, 0.15) is 5.69 Å². The van der Waals surface area contributed by atoms with E-state index in [2.05, 4.69) is 20.5 Å². The van der Waals surface area contributed by atoms with Crippen LogP contribution in [0, 0.1) is 0 Å². The highest BCUT2D eigenvalue weighted by Crippen LogP contribution is 2.37. The number of amides is 2. The van der Waals surface area contributed by atoms with Crippen molar-refractivity contribution in [2.75, 3.05) is 17.2 Å². The summed E-state index contributed by atoms with van der Waals surface area (Å²) in [5.74, 6) is -1.18. The summed E-state index contributed by atoms with van der Waals surface area (Å²) in [6, 6.07) is -0.805. The third-order valence-electron chi connectivity index (χ3n) is 4.23. The smallest absolute Gasteiger partial charge is 0.352 e. The van der Waals surface area contributed by atoms with Gasteiger partial charge in [0.05, 0.1) is 11.3 Å². The van der Waals surface area contributed by atoms with Gasteiger partial charge in [-0.1, -0.05) is 29.2 Å². The average molecular weight is 483 g/mol. The molecule has 2 aliphatic heterocycles. The molecule has 2 amide bonds. The Morgan fingerprint density at radius 1 is 1.43 bits per heavy atom. The van der Waals surface area contributed by atoms with Crippen LogP contribution in [0.4, 0.5) is 5.13 Å². The zero-order valence-electron chi connectivity index (χ0n) is 15.0. The van der Waals surface area contributed by atoms with Crippen LogP contribution in [0.3, 0.4) is 0 Å². The first-order chi connectivity index (χ1) is 14.5. The van der Waals surface area contributed by atoms with Crippen molar-refractivity contribution in [2.24, 2.45) is 0 Å². The molecule has 0 saturated carbocycles. The van der Waals surface area contributed by atoms with Crippen LogP contribution in [0.5, 0.6) is 0 Å². The Morgan fingerprint density at radius 3 is 2.93 bits per heavy atom. The number of thiazole rings is 1. The molecule has 1 fully saturated rings. The summed E-state index contributed by atoms with van der Waals surface area (Å²) in [7, 11) is 0. The summed E-state index contributed by atoms with van der Waals surface area (Å²) in [6.07, 6.45) is 3.20. The van der Waals surface area contributed by atoms with Gasteiger partial charge in [-0.2, -0.15) is 0 Å². The molecule has 156 valence electrons. The first-order valence-electron chi connectivity index (χ1n) is 8.45. The molecule has 0 aromatic carbocycles. The number of hydrogen-bond donors (Lipinski definition) is 3. The number of hydrogen-bond acceptors (Lipinski definition) is 11. The van der Waals surface area contributed by atoms with Gasteiger partial charge in [-0.05, 0) is 6.08 Å². The lowest BCUT2D eigenvalue weighted by atomic mass is 10.0. The van der Waals surface area contributed by atoms with E-state index in [-0.39, 0.29) is 5.70 Å². The largest absolute Gasteiger partial charge is 0.477 e. The molecule has 2 aromatic rings. The molecule has 10 nitrogen and oxygen atoms in total. The Kier molecular flexibility index (Phi) is 6.08. The molecule has 14 heteroatoms. The van der Waals surface area contributed by atoms with E-state index in [1.807, 2.05) is 0 Å². The summed E-state index contributed by atoms with van der Waals surface area (Å²) in [4.78, 5) is 42.2. The van der Waals surface area contributed by atoms with Crippen LogP contribution >= 0.6 is 46.2 Å². The minimum atomic E-state index is -1.16. The topological polar surface area (TPSA) is 151 Å². The molecular formula is C16H14N6O4S4. The molecule has 2 aliphatic rings. The number of anilines is 1. The molecule has 4 rings (SSSR count). The molecule has 1 saturated heterocycles. The maximum Gasteiger partial charge on any atom is 0.352 e. The van der Waals surface area contributed by atoms with Gasteiger partial charge in [0.2, 0.25) is 0 Å². The summed E-state index contributed by atoms with van der Waals surface area (Å²) < 4.78 is 0.764. The molecule has 2 atom stereocenters. The fraction of sp³-hybridized carbons (Fsp3) is 0.250. The second-order valence-electron chi connectivity index (χ2n) is 5.98. The van der Waals surface area contributed by atoms with Crippen molar-refractivity contribution in [3.63, 3.8) is 0 Å². The Balaban J connectivity index is 1.49. The number of carbonyl (C=O) groups excluding carboxylic acids is 2. The molecule has 0 aliphatic carbocycles.